The van der Waals surface area contributed by atoms with Crippen LogP contribution in [0.15, 0.2) is 24.4 Å². The van der Waals surface area contributed by atoms with Gasteiger partial charge >= 0.3 is 0 Å². The highest BCUT2D eigenvalue weighted by atomic mass is 35.5. The van der Waals surface area contributed by atoms with Gasteiger partial charge in [-0.15, -0.1) is 24.8 Å². The minimum atomic E-state index is 0. The lowest BCUT2D eigenvalue weighted by Gasteiger charge is -2.35. The van der Waals surface area contributed by atoms with Gasteiger partial charge in [0.2, 0.25) is 5.91 Å². The molecule has 1 amide bonds. The second-order valence-corrected chi connectivity index (χ2v) is 6.20. The smallest absolute Gasteiger partial charge is 0.234 e. The third-order valence-corrected chi connectivity index (χ3v) is 4.50. The number of anilines is 1. The summed E-state index contributed by atoms with van der Waals surface area (Å²) in [6, 6.07) is 6.14. The molecule has 0 radical (unpaired) electrons. The standard InChI is InChI=1S/C16H25N5O.2ClH/c17-11-14(13-4-5-13)19-16(22)12-20-7-9-21(10-8-20)15-3-1-2-6-18-15;;/h1-3,6,13-14H,4-5,7-12,17H2,(H,19,22);2*1H. The van der Waals surface area contributed by atoms with E-state index in [-0.39, 0.29) is 36.8 Å². The molecule has 1 saturated heterocycles. The first-order valence-electron chi connectivity index (χ1n) is 8.14. The van der Waals surface area contributed by atoms with E-state index in [1.807, 2.05) is 24.4 Å². The molecule has 136 valence electrons. The molecule has 1 atom stereocenters. The van der Waals surface area contributed by atoms with Crippen LogP contribution in [0.25, 0.3) is 0 Å². The number of carbonyl (C=O) groups excluding carboxylic acids is 1. The number of halogens is 2. The Morgan fingerprint density at radius 1 is 1.25 bits per heavy atom. The van der Waals surface area contributed by atoms with E-state index in [4.69, 9.17) is 5.73 Å². The largest absolute Gasteiger partial charge is 0.354 e. The predicted molar refractivity (Wildman–Crippen MR) is 101 cm³/mol. The molecule has 1 aliphatic heterocycles. The molecule has 0 bridgehead atoms. The molecule has 24 heavy (non-hydrogen) atoms. The number of nitrogens with one attached hydrogen (secondary N) is 1. The highest BCUT2D eigenvalue weighted by Gasteiger charge is 2.31. The maximum Gasteiger partial charge on any atom is 0.234 e. The Morgan fingerprint density at radius 3 is 2.50 bits per heavy atom. The number of rotatable bonds is 6. The zero-order valence-electron chi connectivity index (χ0n) is 13.8. The molecule has 3 N–H and O–H groups in total. The van der Waals surface area contributed by atoms with Crippen molar-refractivity contribution in [2.75, 3.05) is 44.2 Å². The highest BCUT2D eigenvalue weighted by Crippen LogP contribution is 2.32. The summed E-state index contributed by atoms with van der Waals surface area (Å²) < 4.78 is 0. The lowest BCUT2D eigenvalue weighted by Crippen LogP contribution is -2.51. The molecule has 1 aliphatic carbocycles. The Kier molecular flexibility index (Phi) is 8.76. The van der Waals surface area contributed by atoms with Crippen molar-refractivity contribution < 1.29 is 4.79 Å². The summed E-state index contributed by atoms with van der Waals surface area (Å²) in [5, 5.41) is 3.09. The van der Waals surface area contributed by atoms with E-state index in [1.54, 1.807) is 0 Å². The first-order valence-corrected chi connectivity index (χ1v) is 8.14. The summed E-state index contributed by atoms with van der Waals surface area (Å²) in [5.41, 5.74) is 5.74. The zero-order chi connectivity index (χ0) is 15.4. The fraction of sp³-hybridized carbons (Fsp3) is 0.625. The van der Waals surface area contributed by atoms with E-state index in [1.165, 1.54) is 12.8 Å². The van der Waals surface area contributed by atoms with E-state index in [0.29, 0.717) is 19.0 Å². The lowest BCUT2D eigenvalue weighted by atomic mass is 10.2. The van der Waals surface area contributed by atoms with Gasteiger partial charge in [0.25, 0.3) is 0 Å². The van der Waals surface area contributed by atoms with Gasteiger partial charge in [0.15, 0.2) is 0 Å². The fourth-order valence-corrected chi connectivity index (χ4v) is 3.00. The third-order valence-electron chi connectivity index (χ3n) is 4.50. The Morgan fingerprint density at radius 2 is 1.96 bits per heavy atom. The first kappa shape index (κ1) is 21.0. The van der Waals surface area contributed by atoms with Gasteiger partial charge in [-0.2, -0.15) is 0 Å². The van der Waals surface area contributed by atoms with Crippen molar-refractivity contribution >= 4 is 36.5 Å². The van der Waals surface area contributed by atoms with Crippen molar-refractivity contribution in [2.24, 2.45) is 11.7 Å². The number of nitrogens with two attached hydrogens (primary N) is 1. The number of aromatic nitrogens is 1. The van der Waals surface area contributed by atoms with Crippen molar-refractivity contribution in [2.45, 2.75) is 18.9 Å². The third kappa shape index (κ3) is 5.77. The van der Waals surface area contributed by atoms with Gasteiger partial charge in [-0.05, 0) is 30.9 Å². The number of nitrogens with zero attached hydrogens (tertiary/aromatic N) is 3. The summed E-state index contributed by atoms with van der Waals surface area (Å²) >= 11 is 0. The molecule has 1 saturated carbocycles. The van der Waals surface area contributed by atoms with Crippen LogP contribution in [0.1, 0.15) is 12.8 Å². The molecule has 6 nitrogen and oxygen atoms in total. The van der Waals surface area contributed by atoms with Crippen LogP contribution in [-0.4, -0.2) is 61.1 Å². The Balaban J connectivity index is 0.00000144. The van der Waals surface area contributed by atoms with Gasteiger partial charge in [-0.25, -0.2) is 4.98 Å². The van der Waals surface area contributed by atoms with Crippen LogP contribution in [0.3, 0.4) is 0 Å². The summed E-state index contributed by atoms with van der Waals surface area (Å²) in [5.74, 6) is 1.73. The molecule has 1 aromatic heterocycles. The Bertz CT molecular complexity index is 493. The van der Waals surface area contributed by atoms with Gasteiger partial charge in [0.1, 0.15) is 5.82 Å². The van der Waals surface area contributed by atoms with Crippen LogP contribution in [-0.2, 0) is 4.79 Å². The number of hydrogen-bond acceptors (Lipinski definition) is 5. The van der Waals surface area contributed by atoms with Crippen LogP contribution >= 0.6 is 24.8 Å². The minimum Gasteiger partial charge on any atom is -0.354 e. The van der Waals surface area contributed by atoms with Crippen molar-refractivity contribution in [1.29, 1.82) is 0 Å². The fourth-order valence-electron chi connectivity index (χ4n) is 3.00. The molecule has 2 aliphatic rings. The molecule has 0 spiro atoms. The molecule has 3 rings (SSSR count). The Hall–Kier alpha value is -1.08. The van der Waals surface area contributed by atoms with Crippen molar-refractivity contribution in [3.8, 4) is 0 Å². The van der Waals surface area contributed by atoms with Crippen LogP contribution in [0.5, 0.6) is 0 Å². The molecular weight excluding hydrogens is 349 g/mol. The van der Waals surface area contributed by atoms with Crippen LogP contribution in [0.2, 0.25) is 0 Å². The molecule has 1 aromatic rings. The molecule has 2 heterocycles. The minimum absolute atomic E-state index is 0. The molecule has 0 aromatic carbocycles. The molecule has 8 heteroatoms. The summed E-state index contributed by atoms with van der Waals surface area (Å²) in [7, 11) is 0. The van der Waals surface area contributed by atoms with Gasteiger partial charge in [-0.1, -0.05) is 6.07 Å². The quantitative estimate of drug-likeness (QED) is 0.772. The predicted octanol–water partition coefficient (Wildman–Crippen LogP) is 0.901. The van der Waals surface area contributed by atoms with Crippen molar-refractivity contribution in [1.82, 2.24) is 15.2 Å². The average molecular weight is 376 g/mol. The molecule has 2 fully saturated rings. The van der Waals surface area contributed by atoms with E-state index >= 15 is 0 Å². The average Bonchev–Trinajstić information content (AvgIpc) is 3.39. The number of piperazine rings is 1. The Labute approximate surface area is 156 Å². The molecular formula is C16H27Cl2N5O. The summed E-state index contributed by atoms with van der Waals surface area (Å²) in [6.45, 7) is 4.62. The highest BCUT2D eigenvalue weighted by molar-refractivity contribution is 5.85. The van der Waals surface area contributed by atoms with E-state index in [2.05, 4.69) is 20.1 Å². The van der Waals surface area contributed by atoms with Crippen LogP contribution < -0.4 is 16.0 Å². The number of carbonyl (C=O) groups is 1. The van der Waals surface area contributed by atoms with Crippen molar-refractivity contribution in [3.63, 3.8) is 0 Å². The van der Waals surface area contributed by atoms with Crippen LogP contribution in [0.4, 0.5) is 5.82 Å². The van der Waals surface area contributed by atoms with Gasteiger partial charge < -0.3 is 16.0 Å². The van der Waals surface area contributed by atoms with Crippen molar-refractivity contribution in [3.05, 3.63) is 24.4 Å². The maximum absolute atomic E-state index is 12.1. The number of pyridine rings is 1. The summed E-state index contributed by atoms with van der Waals surface area (Å²) in [4.78, 5) is 21.0. The topological polar surface area (TPSA) is 74.5 Å². The van der Waals surface area contributed by atoms with Gasteiger partial charge in [0.05, 0.1) is 6.54 Å². The maximum atomic E-state index is 12.1. The summed E-state index contributed by atoms with van der Waals surface area (Å²) in [6.07, 6.45) is 4.22. The van der Waals surface area contributed by atoms with Gasteiger partial charge in [-0.3, -0.25) is 9.69 Å². The number of amides is 1. The normalized spacial score (nSPS) is 19.0. The van der Waals surface area contributed by atoms with E-state index in [9.17, 15) is 4.79 Å². The van der Waals surface area contributed by atoms with E-state index < -0.39 is 0 Å². The second-order valence-electron chi connectivity index (χ2n) is 6.20. The monoisotopic (exact) mass is 375 g/mol. The van der Waals surface area contributed by atoms with E-state index in [0.717, 1.165) is 32.0 Å². The SMILES string of the molecule is Cl.Cl.NCC(NC(=O)CN1CCN(c2ccccn2)CC1)C1CC1. The van der Waals surface area contributed by atoms with Crippen LogP contribution in [0, 0.1) is 5.92 Å². The lowest BCUT2D eigenvalue weighted by molar-refractivity contribution is -0.123. The zero-order valence-corrected chi connectivity index (χ0v) is 15.4. The number of hydrogen-bond donors (Lipinski definition) is 2. The van der Waals surface area contributed by atoms with Gasteiger partial charge in [0, 0.05) is 45.0 Å². The second kappa shape index (κ2) is 10.0. The molecule has 1 unspecified atom stereocenters. The first-order chi connectivity index (χ1) is 10.8.